The van der Waals surface area contributed by atoms with Gasteiger partial charge in [-0.3, -0.25) is 0 Å². The first kappa shape index (κ1) is 7.53. The number of aliphatic hydroxyl groups is 1. The molecule has 2 saturated heterocycles. The highest BCUT2D eigenvalue weighted by atomic mass is 16.5. The van der Waals surface area contributed by atoms with Gasteiger partial charge in [0.1, 0.15) is 0 Å². The van der Waals surface area contributed by atoms with Crippen molar-refractivity contribution in [3.8, 4) is 0 Å². The SMILES string of the molecule is OCC1COC[C@@]12CCCN2. The summed E-state index contributed by atoms with van der Waals surface area (Å²) in [4.78, 5) is 0. The molecule has 0 aromatic carbocycles. The second-order valence-corrected chi connectivity index (χ2v) is 3.58. The van der Waals surface area contributed by atoms with E-state index < -0.39 is 0 Å². The Balaban J connectivity index is 2.09. The van der Waals surface area contributed by atoms with Crippen molar-refractivity contribution in [2.24, 2.45) is 5.92 Å². The van der Waals surface area contributed by atoms with Crippen molar-refractivity contribution in [1.29, 1.82) is 0 Å². The van der Waals surface area contributed by atoms with Crippen molar-refractivity contribution in [2.45, 2.75) is 18.4 Å². The Labute approximate surface area is 66.7 Å². The van der Waals surface area contributed by atoms with Gasteiger partial charge in [0.25, 0.3) is 0 Å². The molecule has 2 atom stereocenters. The molecule has 2 fully saturated rings. The summed E-state index contributed by atoms with van der Waals surface area (Å²) in [6.45, 7) is 2.86. The lowest BCUT2D eigenvalue weighted by atomic mass is 9.86. The van der Waals surface area contributed by atoms with Gasteiger partial charge in [-0.15, -0.1) is 0 Å². The number of hydrogen-bond acceptors (Lipinski definition) is 3. The van der Waals surface area contributed by atoms with Crippen LogP contribution in [0, 0.1) is 5.92 Å². The molecule has 0 aromatic rings. The van der Waals surface area contributed by atoms with Crippen LogP contribution in [0.1, 0.15) is 12.8 Å². The molecule has 0 radical (unpaired) electrons. The van der Waals surface area contributed by atoms with Crippen molar-refractivity contribution >= 4 is 0 Å². The lowest BCUT2D eigenvalue weighted by Gasteiger charge is -2.27. The van der Waals surface area contributed by atoms with Gasteiger partial charge >= 0.3 is 0 Å². The number of hydrogen-bond donors (Lipinski definition) is 2. The zero-order valence-corrected chi connectivity index (χ0v) is 6.68. The van der Waals surface area contributed by atoms with E-state index in [-0.39, 0.29) is 12.1 Å². The zero-order chi connectivity index (χ0) is 7.73. The Morgan fingerprint density at radius 1 is 1.64 bits per heavy atom. The van der Waals surface area contributed by atoms with Gasteiger partial charge in [0, 0.05) is 18.1 Å². The third kappa shape index (κ3) is 1.08. The van der Waals surface area contributed by atoms with E-state index >= 15 is 0 Å². The summed E-state index contributed by atoms with van der Waals surface area (Å²) in [6.07, 6.45) is 2.39. The molecule has 2 N–H and O–H groups in total. The highest BCUT2D eigenvalue weighted by Crippen LogP contribution is 2.32. The van der Waals surface area contributed by atoms with E-state index in [0.717, 1.165) is 26.2 Å². The van der Waals surface area contributed by atoms with Gasteiger partial charge in [0.15, 0.2) is 0 Å². The molecule has 1 spiro atoms. The van der Waals surface area contributed by atoms with Gasteiger partial charge in [-0.1, -0.05) is 0 Å². The molecule has 1 unspecified atom stereocenters. The van der Waals surface area contributed by atoms with Crippen molar-refractivity contribution in [3.05, 3.63) is 0 Å². The second-order valence-electron chi connectivity index (χ2n) is 3.58. The first-order valence-corrected chi connectivity index (χ1v) is 4.31. The van der Waals surface area contributed by atoms with E-state index in [9.17, 15) is 0 Å². The Morgan fingerprint density at radius 2 is 2.55 bits per heavy atom. The van der Waals surface area contributed by atoms with Gasteiger partial charge in [-0.2, -0.15) is 0 Å². The van der Waals surface area contributed by atoms with Crippen LogP contribution in [-0.2, 0) is 4.74 Å². The monoisotopic (exact) mass is 157 g/mol. The quantitative estimate of drug-likeness (QED) is 0.551. The van der Waals surface area contributed by atoms with Gasteiger partial charge in [-0.05, 0) is 19.4 Å². The van der Waals surface area contributed by atoms with Crippen LogP contribution < -0.4 is 5.32 Å². The van der Waals surface area contributed by atoms with E-state index in [1.165, 1.54) is 6.42 Å². The van der Waals surface area contributed by atoms with Crippen LogP contribution in [0.3, 0.4) is 0 Å². The molecule has 0 bridgehead atoms. The smallest absolute Gasteiger partial charge is 0.0652 e. The maximum absolute atomic E-state index is 9.07. The maximum atomic E-state index is 9.07. The Bertz CT molecular complexity index is 138. The van der Waals surface area contributed by atoms with E-state index in [1.807, 2.05) is 0 Å². The molecule has 0 amide bonds. The van der Waals surface area contributed by atoms with Gasteiger partial charge in [0.2, 0.25) is 0 Å². The van der Waals surface area contributed by atoms with E-state index in [2.05, 4.69) is 5.32 Å². The molecule has 2 heterocycles. The molecular weight excluding hydrogens is 142 g/mol. The number of ether oxygens (including phenoxy) is 1. The predicted octanol–water partition coefficient (Wildman–Crippen LogP) is -0.253. The molecule has 2 aliphatic heterocycles. The van der Waals surface area contributed by atoms with Crippen LogP contribution in [0.4, 0.5) is 0 Å². The van der Waals surface area contributed by atoms with Crippen molar-refractivity contribution in [3.63, 3.8) is 0 Å². The highest BCUT2D eigenvalue weighted by molar-refractivity contribution is 5.01. The van der Waals surface area contributed by atoms with Crippen LogP contribution in [0.25, 0.3) is 0 Å². The Morgan fingerprint density at radius 3 is 3.18 bits per heavy atom. The van der Waals surface area contributed by atoms with E-state index in [4.69, 9.17) is 9.84 Å². The summed E-state index contributed by atoms with van der Waals surface area (Å²) in [5.74, 6) is 0.324. The number of nitrogens with one attached hydrogen (secondary N) is 1. The van der Waals surface area contributed by atoms with Crippen LogP contribution in [0.5, 0.6) is 0 Å². The molecule has 0 saturated carbocycles. The van der Waals surface area contributed by atoms with Crippen LogP contribution in [-0.4, -0.2) is 37.0 Å². The molecule has 0 aliphatic carbocycles. The predicted molar refractivity (Wildman–Crippen MR) is 41.4 cm³/mol. The minimum atomic E-state index is 0.134. The summed E-state index contributed by atoms with van der Waals surface area (Å²) < 4.78 is 5.36. The molecule has 64 valence electrons. The molecule has 0 aromatic heterocycles. The first-order valence-electron chi connectivity index (χ1n) is 4.31. The van der Waals surface area contributed by atoms with Crippen molar-refractivity contribution < 1.29 is 9.84 Å². The minimum Gasteiger partial charge on any atom is -0.396 e. The molecule has 3 nitrogen and oxygen atoms in total. The fourth-order valence-electron chi connectivity index (χ4n) is 2.19. The molecular formula is C8H15NO2. The normalized spacial score (nSPS) is 43.9. The van der Waals surface area contributed by atoms with Crippen molar-refractivity contribution in [2.75, 3.05) is 26.4 Å². The summed E-state index contributed by atoms with van der Waals surface area (Å²) in [7, 11) is 0. The molecule has 3 heteroatoms. The fourth-order valence-corrected chi connectivity index (χ4v) is 2.19. The third-order valence-corrected chi connectivity index (χ3v) is 2.96. The number of rotatable bonds is 1. The molecule has 11 heavy (non-hydrogen) atoms. The Kier molecular flexibility index (Phi) is 1.87. The number of aliphatic hydroxyl groups excluding tert-OH is 1. The maximum Gasteiger partial charge on any atom is 0.0652 e. The average molecular weight is 157 g/mol. The summed E-state index contributed by atoms with van der Waals surface area (Å²) in [5, 5.41) is 12.5. The minimum absolute atomic E-state index is 0.134. The molecule has 2 aliphatic rings. The van der Waals surface area contributed by atoms with Gasteiger partial charge in [-0.25, -0.2) is 0 Å². The van der Waals surface area contributed by atoms with Crippen LogP contribution >= 0.6 is 0 Å². The second kappa shape index (κ2) is 2.73. The highest BCUT2D eigenvalue weighted by Gasteiger charge is 2.45. The first-order chi connectivity index (χ1) is 5.37. The molecule has 2 rings (SSSR count). The van der Waals surface area contributed by atoms with Crippen LogP contribution in [0.2, 0.25) is 0 Å². The standard InChI is InChI=1S/C8H15NO2/c10-4-7-5-11-6-8(7)2-1-3-9-8/h7,9-10H,1-6H2/t7?,8-/m0/s1. The summed E-state index contributed by atoms with van der Waals surface area (Å²) in [5.41, 5.74) is 0.134. The topological polar surface area (TPSA) is 41.5 Å². The lowest BCUT2D eigenvalue weighted by Crippen LogP contribution is -2.47. The van der Waals surface area contributed by atoms with Crippen molar-refractivity contribution in [1.82, 2.24) is 5.32 Å². The Hall–Kier alpha value is -0.120. The largest absolute Gasteiger partial charge is 0.396 e. The van der Waals surface area contributed by atoms with Gasteiger partial charge < -0.3 is 15.2 Å². The fraction of sp³-hybridized carbons (Fsp3) is 1.00. The average Bonchev–Trinajstić information content (AvgIpc) is 2.62. The summed E-state index contributed by atoms with van der Waals surface area (Å²) >= 11 is 0. The van der Waals surface area contributed by atoms with Crippen LogP contribution in [0.15, 0.2) is 0 Å². The third-order valence-electron chi connectivity index (χ3n) is 2.96. The van der Waals surface area contributed by atoms with E-state index in [0.29, 0.717) is 5.92 Å². The van der Waals surface area contributed by atoms with E-state index in [1.54, 1.807) is 0 Å². The van der Waals surface area contributed by atoms with Gasteiger partial charge in [0.05, 0.1) is 13.2 Å². The zero-order valence-electron chi connectivity index (χ0n) is 6.68. The lowest BCUT2D eigenvalue weighted by molar-refractivity contribution is 0.160. The summed E-state index contributed by atoms with van der Waals surface area (Å²) in [6, 6.07) is 0.